The van der Waals surface area contributed by atoms with E-state index in [2.05, 4.69) is 4.72 Å². The molecule has 0 bridgehead atoms. The monoisotopic (exact) mass is 320 g/mol. The van der Waals surface area contributed by atoms with Crippen molar-refractivity contribution in [3.63, 3.8) is 0 Å². The minimum atomic E-state index is -4.70. The molecule has 0 aromatic carbocycles. The number of carbonyl (C=O) groups excluding carboxylic acids is 1. The normalized spacial score (nSPS) is 18.6. The van der Waals surface area contributed by atoms with Crippen LogP contribution in [0, 0.1) is 0 Å². The standard InChI is InChI=1S/C10H16F4N2O3S/c1-2-20(18,19)15-7-3-5-16(6-4-7)9(17)10(13,14)8(11)12/h7-8,15H,2-6H2,1H3. The van der Waals surface area contributed by atoms with E-state index in [0.29, 0.717) is 4.90 Å². The fraction of sp³-hybridized carbons (Fsp3) is 0.900. The average Bonchev–Trinajstić information content (AvgIpc) is 2.38. The summed E-state index contributed by atoms with van der Waals surface area (Å²) in [4.78, 5) is 11.9. The molecule has 118 valence electrons. The van der Waals surface area contributed by atoms with E-state index in [1.54, 1.807) is 0 Å². The van der Waals surface area contributed by atoms with Crippen LogP contribution in [0.2, 0.25) is 0 Å². The summed E-state index contributed by atoms with van der Waals surface area (Å²) in [6, 6.07) is -0.468. The summed E-state index contributed by atoms with van der Waals surface area (Å²) < 4.78 is 74.9. The molecule has 0 aliphatic carbocycles. The lowest BCUT2D eigenvalue weighted by atomic mass is 10.1. The van der Waals surface area contributed by atoms with Crippen molar-refractivity contribution in [1.82, 2.24) is 9.62 Å². The Bertz CT molecular complexity index is 447. The summed E-state index contributed by atoms with van der Waals surface area (Å²) in [7, 11) is -3.42. The number of carbonyl (C=O) groups is 1. The van der Waals surface area contributed by atoms with Crippen molar-refractivity contribution in [1.29, 1.82) is 0 Å². The smallest absolute Gasteiger partial charge is 0.337 e. The van der Waals surface area contributed by atoms with Gasteiger partial charge in [0.05, 0.1) is 5.75 Å². The van der Waals surface area contributed by atoms with Gasteiger partial charge in [0.2, 0.25) is 10.0 Å². The van der Waals surface area contributed by atoms with Crippen molar-refractivity contribution >= 4 is 15.9 Å². The van der Waals surface area contributed by atoms with Crippen molar-refractivity contribution in [2.24, 2.45) is 0 Å². The van der Waals surface area contributed by atoms with E-state index in [9.17, 15) is 30.8 Å². The molecule has 1 amide bonds. The molecule has 0 unspecified atom stereocenters. The second-order valence-electron chi connectivity index (χ2n) is 4.51. The fourth-order valence-electron chi connectivity index (χ4n) is 1.84. The molecular formula is C10H16F4N2O3S. The van der Waals surface area contributed by atoms with E-state index in [0.717, 1.165) is 0 Å². The Labute approximate surface area is 114 Å². The van der Waals surface area contributed by atoms with Gasteiger partial charge in [-0.1, -0.05) is 0 Å². The third-order valence-corrected chi connectivity index (χ3v) is 4.52. The van der Waals surface area contributed by atoms with Gasteiger partial charge in [0.25, 0.3) is 5.91 Å². The van der Waals surface area contributed by atoms with E-state index in [1.165, 1.54) is 6.92 Å². The van der Waals surface area contributed by atoms with Crippen LogP contribution in [-0.4, -0.2) is 56.5 Å². The highest BCUT2D eigenvalue weighted by molar-refractivity contribution is 7.89. The van der Waals surface area contributed by atoms with Crippen LogP contribution in [0.4, 0.5) is 17.6 Å². The van der Waals surface area contributed by atoms with Crippen LogP contribution >= 0.6 is 0 Å². The van der Waals surface area contributed by atoms with Crippen LogP contribution in [0.3, 0.4) is 0 Å². The molecule has 1 rings (SSSR count). The number of likely N-dealkylation sites (tertiary alicyclic amines) is 1. The molecule has 0 radical (unpaired) electrons. The SMILES string of the molecule is CCS(=O)(=O)NC1CCN(C(=O)C(F)(F)C(F)F)CC1. The Morgan fingerprint density at radius 2 is 1.85 bits per heavy atom. The second kappa shape index (κ2) is 6.25. The van der Waals surface area contributed by atoms with Gasteiger partial charge in [-0.25, -0.2) is 21.9 Å². The molecule has 10 heteroatoms. The van der Waals surface area contributed by atoms with Gasteiger partial charge in [0.15, 0.2) is 0 Å². The molecule has 0 aromatic heterocycles. The first-order valence-electron chi connectivity index (χ1n) is 6.05. The molecule has 5 nitrogen and oxygen atoms in total. The zero-order valence-corrected chi connectivity index (χ0v) is 11.6. The van der Waals surface area contributed by atoms with Crippen LogP contribution < -0.4 is 4.72 Å². The molecule has 1 heterocycles. The van der Waals surface area contributed by atoms with Crippen molar-refractivity contribution in [3.8, 4) is 0 Å². The number of nitrogens with one attached hydrogen (secondary N) is 1. The number of rotatable bonds is 5. The van der Waals surface area contributed by atoms with E-state index in [-0.39, 0.29) is 31.7 Å². The highest BCUT2D eigenvalue weighted by Crippen LogP contribution is 2.27. The summed E-state index contributed by atoms with van der Waals surface area (Å²) in [5.74, 6) is -6.73. The maximum absolute atomic E-state index is 12.9. The lowest BCUT2D eigenvalue weighted by Crippen LogP contribution is -2.53. The number of hydrogen-bond donors (Lipinski definition) is 1. The quantitative estimate of drug-likeness (QED) is 0.763. The Morgan fingerprint density at radius 1 is 1.35 bits per heavy atom. The summed E-state index contributed by atoms with van der Waals surface area (Å²) in [5.41, 5.74) is 0. The lowest BCUT2D eigenvalue weighted by molar-refractivity contribution is -0.181. The van der Waals surface area contributed by atoms with Crippen LogP contribution in [0.25, 0.3) is 0 Å². The fourth-order valence-corrected chi connectivity index (χ4v) is 2.75. The van der Waals surface area contributed by atoms with Crippen LogP contribution in [0.15, 0.2) is 0 Å². The number of sulfonamides is 1. The molecule has 1 aliphatic rings. The van der Waals surface area contributed by atoms with Gasteiger partial charge in [-0.15, -0.1) is 0 Å². The molecule has 0 spiro atoms. The summed E-state index contributed by atoms with van der Waals surface area (Å²) >= 11 is 0. The van der Waals surface area contributed by atoms with Gasteiger partial charge >= 0.3 is 12.3 Å². The van der Waals surface area contributed by atoms with E-state index < -0.39 is 34.3 Å². The highest BCUT2D eigenvalue weighted by Gasteiger charge is 2.51. The number of hydrogen-bond acceptors (Lipinski definition) is 3. The van der Waals surface area contributed by atoms with Gasteiger partial charge in [-0.05, 0) is 19.8 Å². The summed E-state index contributed by atoms with van der Waals surface area (Å²) in [6.07, 6.45) is -3.82. The maximum Gasteiger partial charge on any atom is 0.383 e. The van der Waals surface area contributed by atoms with Gasteiger partial charge in [-0.2, -0.15) is 8.78 Å². The van der Waals surface area contributed by atoms with Crippen LogP contribution in [0.1, 0.15) is 19.8 Å². The summed E-state index contributed by atoms with van der Waals surface area (Å²) in [5, 5.41) is 0. The molecule has 1 N–H and O–H groups in total. The molecule has 1 fully saturated rings. The molecule has 0 atom stereocenters. The highest BCUT2D eigenvalue weighted by atomic mass is 32.2. The van der Waals surface area contributed by atoms with Crippen molar-refractivity contribution < 1.29 is 30.8 Å². The third-order valence-electron chi connectivity index (χ3n) is 3.07. The number of halogens is 4. The summed E-state index contributed by atoms with van der Waals surface area (Å²) in [6.45, 7) is 1.08. The minimum Gasteiger partial charge on any atom is -0.337 e. The van der Waals surface area contributed by atoms with Gasteiger partial charge < -0.3 is 4.90 Å². The number of alkyl halides is 4. The molecule has 20 heavy (non-hydrogen) atoms. The predicted octanol–water partition coefficient (Wildman–Crippen LogP) is 0.817. The van der Waals surface area contributed by atoms with Gasteiger partial charge in [0.1, 0.15) is 0 Å². The van der Waals surface area contributed by atoms with Gasteiger partial charge in [0, 0.05) is 19.1 Å². The number of amides is 1. The van der Waals surface area contributed by atoms with Gasteiger partial charge in [-0.3, -0.25) is 4.79 Å². The molecule has 1 aliphatic heterocycles. The van der Waals surface area contributed by atoms with Crippen LogP contribution in [0.5, 0.6) is 0 Å². The Hall–Kier alpha value is -0.900. The molecular weight excluding hydrogens is 304 g/mol. The Balaban J connectivity index is 2.57. The first-order valence-corrected chi connectivity index (χ1v) is 7.70. The average molecular weight is 320 g/mol. The Morgan fingerprint density at radius 3 is 2.25 bits per heavy atom. The first kappa shape index (κ1) is 17.2. The van der Waals surface area contributed by atoms with E-state index >= 15 is 0 Å². The second-order valence-corrected chi connectivity index (χ2v) is 6.55. The zero-order valence-electron chi connectivity index (χ0n) is 10.8. The van der Waals surface area contributed by atoms with E-state index in [4.69, 9.17) is 0 Å². The molecule has 0 saturated carbocycles. The zero-order chi connectivity index (χ0) is 15.6. The topological polar surface area (TPSA) is 66.5 Å². The predicted molar refractivity (Wildman–Crippen MR) is 63.1 cm³/mol. The van der Waals surface area contributed by atoms with Crippen molar-refractivity contribution in [2.75, 3.05) is 18.8 Å². The Kier molecular flexibility index (Phi) is 5.36. The number of nitrogens with zero attached hydrogens (tertiary/aromatic N) is 1. The first-order chi connectivity index (χ1) is 9.10. The minimum absolute atomic E-state index is 0.115. The largest absolute Gasteiger partial charge is 0.383 e. The van der Waals surface area contributed by atoms with Crippen molar-refractivity contribution in [3.05, 3.63) is 0 Å². The third kappa shape index (κ3) is 4.05. The van der Waals surface area contributed by atoms with E-state index in [1.807, 2.05) is 0 Å². The van der Waals surface area contributed by atoms with Crippen molar-refractivity contribution in [2.45, 2.75) is 38.2 Å². The van der Waals surface area contributed by atoms with Crippen LogP contribution in [-0.2, 0) is 14.8 Å². The number of piperidine rings is 1. The maximum atomic E-state index is 12.9. The molecule has 1 saturated heterocycles. The lowest BCUT2D eigenvalue weighted by Gasteiger charge is -2.33. The molecule has 0 aromatic rings.